The minimum atomic E-state index is -5.13. The average Bonchev–Trinajstić information content (AvgIpc) is 3.18. The molecule has 4 rings (SSSR count). The van der Waals surface area contributed by atoms with Gasteiger partial charge in [0.15, 0.2) is 6.61 Å². The SMILES string of the molecule is C=c1ccc(=C(c2ccc(N(CC)CC)cc2)c2cc(OCC(=O)NCCOCCOCCNC(=O)/C=C/c3ccc(O)cc3)c(S(=O)(=O)O)cc2S(=O)(=O)O)cc1. The van der Waals surface area contributed by atoms with Gasteiger partial charge in [-0.25, -0.2) is 0 Å². The number of ether oxygens (including phenoxy) is 3. The molecule has 0 aromatic heterocycles. The van der Waals surface area contributed by atoms with Crippen molar-refractivity contribution in [3.05, 3.63) is 118 Å². The summed E-state index contributed by atoms with van der Waals surface area (Å²) in [5.41, 5.74) is 2.29. The fourth-order valence-corrected chi connectivity index (χ4v) is 7.10. The highest BCUT2D eigenvalue weighted by molar-refractivity contribution is 7.86. The van der Waals surface area contributed by atoms with Crippen LogP contribution in [0.3, 0.4) is 0 Å². The topological polar surface area (TPSA) is 218 Å². The van der Waals surface area contributed by atoms with E-state index in [1.54, 1.807) is 54.6 Å². The first-order chi connectivity index (χ1) is 27.6. The average molecular weight is 838 g/mol. The smallest absolute Gasteiger partial charge is 0.298 e. The van der Waals surface area contributed by atoms with E-state index in [0.717, 1.165) is 30.4 Å². The Bertz CT molecular complexity index is 2380. The van der Waals surface area contributed by atoms with Crippen LogP contribution in [0.4, 0.5) is 5.69 Å². The number of carbonyl (C=O) groups excluding carboxylic acids is 2. The molecule has 310 valence electrons. The number of phenolic OH excluding ortho intramolecular Hbond substituents is 1. The third-order valence-corrected chi connectivity index (χ3v) is 10.3. The lowest BCUT2D eigenvalue weighted by molar-refractivity contribution is -0.123. The largest absolute Gasteiger partial charge is 0.508 e. The predicted octanol–water partition coefficient (Wildman–Crippen LogP) is 2.75. The first kappa shape index (κ1) is 45.1. The molecular formula is C41H47N3O12S2. The van der Waals surface area contributed by atoms with E-state index in [9.17, 15) is 40.6 Å². The normalized spacial score (nSPS) is 11.7. The zero-order valence-corrected chi connectivity index (χ0v) is 33.7. The van der Waals surface area contributed by atoms with Crippen molar-refractivity contribution in [3.8, 4) is 11.5 Å². The zero-order chi connectivity index (χ0) is 42.3. The monoisotopic (exact) mass is 837 g/mol. The minimum absolute atomic E-state index is 0.0490. The van der Waals surface area contributed by atoms with Crippen LogP contribution in [-0.4, -0.2) is 102 Å². The van der Waals surface area contributed by atoms with E-state index in [-0.39, 0.29) is 62.3 Å². The Kier molecular flexibility index (Phi) is 16.6. The summed E-state index contributed by atoms with van der Waals surface area (Å²) < 4.78 is 87.5. The van der Waals surface area contributed by atoms with Gasteiger partial charge in [-0.05, 0) is 83.5 Å². The third-order valence-electron chi connectivity index (χ3n) is 8.56. The molecule has 0 fully saturated rings. The summed E-state index contributed by atoms with van der Waals surface area (Å²) in [5.74, 6) is -1.40. The van der Waals surface area contributed by atoms with E-state index < -0.39 is 48.3 Å². The van der Waals surface area contributed by atoms with Crippen molar-refractivity contribution in [2.24, 2.45) is 0 Å². The van der Waals surface area contributed by atoms with Crippen molar-refractivity contribution in [1.29, 1.82) is 0 Å². The van der Waals surface area contributed by atoms with Crippen LogP contribution in [0.25, 0.3) is 18.2 Å². The van der Waals surface area contributed by atoms with Crippen LogP contribution >= 0.6 is 0 Å². The number of aromatic hydroxyl groups is 1. The van der Waals surface area contributed by atoms with Crippen molar-refractivity contribution in [3.63, 3.8) is 0 Å². The zero-order valence-electron chi connectivity index (χ0n) is 32.1. The number of hydrogen-bond donors (Lipinski definition) is 5. The summed E-state index contributed by atoms with van der Waals surface area (Å²) in [4.78, 5) is 25.0. The number of benzene rings is 4. The molecular weight excluding hydrogens is 791 g/mol. The van der Waals surface area contributed by atoms with E-state index >= 15 is 0 Å². The fourth-order valence-electron chi connectivity index (χ4n) is 5.68. The van der Waals surface area contributed by atoms with E-state index in [2.05, 4.69) is 22.1 Å². The Hall–Kier alpha value is -5.56. The second kappa shape index (κ2) is 21.3. The summed E-state index contributed by atoms with van der Waals surface area (Å²) in [6.07, 6.45) is 2.98. The maximum Gasteiger partial charge on any atom is 0.298 e. The minimum Gasteiger partial charge on any atom is -0.508 e. The van der Waals surface area contributed by atoms with E-state index in [4.69, 9.17) is 14.2 Å². The van der Waals surface area contributed by atoms with Gasteiger partial charge < -0.3 is 34.9 Å². The standard InChI is InChI=1S/C41H47N3O12S2/c1-4-44(5-2)33-15-13-32(14-16-33)41(31-11-6-29(3)7-12-31)35-26-36(38(58(51,52)53)27-37(35)57(48,49)50)56-28-40(47)43-21-23-55-25-24-54-22-20-42-39(46)19-10-30-8-17-34(45)18-9-30/h6-19,26-27,45H,3-5,20-25,28H2,1-2H3,(H,42,46)(H,43,47)(H,48,49,50)(H,51,52,53)/b19-10+. The number of carbonyl (C=O) groups is 2. The molecule has 58 heavy (non-hydrogen) atoms. The number of amides is 2. The Morgan fingerprint density at radius 2 is 1.34 bits per heavy atom. The van der Waals surface area contributed by atoms with Crippen LogP contribution in [-0.2, 0) is 39.3 Å². The molecule has 0 saturated carbocycles. The van der Waals surface area contributed by atoms with E-state index in [0.29, 0.717) is 22.1 Å². The molecule has 4 aromatic carbocycles. The number of nitrogens with zero attached hydrogens (tertiary/aromatic N) is 1. The summed E-state index contributed by atoms with van der Waals surface area (Å²) in [7, 11) is -10.2. The van der Waals surface area contributed by atoms with Crippen LogP contribution in [0.1, 0.15) is 30.5 Å². The van der Waals surface area contributed by atoms with Crippen molar-refractivity contribution in [2.75, 3.05) is 64.1 Å². The second-order valence-electron chi connectivity index (χ2n) is 12.6. The predicted molar refractivity (Wildman–Crippen MR) is 219 cm³/mol. The summed E-state index contributed by atoms with van der Waals surface area (Å²) in [5, 5.41) is 15.7. The molecule has 0 saturated heterocycles. The molecule has 5 N–H and O–H groups in total. The van der Waals surface area contributed by atoms with Crippen LogP contribution < -0.4 is 30.7 Å². The van der Waals surface area contributed by atoms with Gasteiger partial charge in [-0.2, -0.15) is 16.8 Å². The molecule has 0 aliphatic rings. The summed E-state index contributed by atoms with van der Waals surface area (Å²) >= 11 is 0. The van der Waals surface area contributed by atoms with Gasteiger partial charge in [0.2, 0.25) is 5.91 Å². The van der Waals surface area contributed by atoms with Gasteiger partial charge in [-0.15, -0.1) is 0 Å². The molecule has 0 aliphatic heterocycles. The molecule has 0 atom stereocenters. The highest BCUT2D eigenvalue weighted by Gasteiger charge is 2.28. The summed E-state index contributed by atoms with van der Waals surface area (Å²) in [6.45, 7) is 9.72. The Labute approximate surface area is 337 Å². The van der Waals surface area contributed by atoms with Crippen molar-refractivity contribution >= 4 is 56.0 Å². The first-order valence-corrected chi connectivity index (χ1v) is 21.1. The van der Waals surface area contributed by atoms with Crippen LogP contribution in [0.2, 0.25) is 0 Å². The lowest BCUT2D eigenvalue weighted by Crippen LogP contribution is -2.32. The second-order valence-corrected chi connectivity index (χ2v) is 15.4. The molecule has 0 heterocycles. The third kappa shape index (κ3) is 13.5. The molecule has 4 aromatic rings. The summed E-state index contributed by atoms with van der Waals surface area (Å²) in [6, 6.07) is 22.0. The first-order valence-electron chi connectivity index (χ1n) is 18.2. The maximum absolute atomic E-state index is 12.8. The van der Waals surface area contributed by atoms with Gasteiger partial charge in [0, 0.05) is 43.5 Å². The molecule has 15 nitrogen and oxygen atoms in total. The van der Waals surface area contributed by atoms with Gasteiger partial charge in [-0.1, -0.05) is 55.1 Å². The molecule has 0 bridgehead atoms. The highest BCUT2D eigenvalue weighted by atomic mass is 32.2. The molecule has 2 amide bonds. The van der Waals surface area contributed by atoms with Crippen LogP contribution in [0, 0.1) is 0 Å². The lowest BCUT2D eigenvalue weighted by Gasteiger charge is -2.22. The number of anilines is 1. The molecule has 0 aliphatic carbocycles. The highest BCUT2D eigenvalue weighted by Crippen LogP contribution is 2.36. The van der Waals surface area contributed by atoms with Crippen molar-refractivity contribution < 1.29 is 54.8 Å². The lowest BCUT2D eigenvalue weighted by atomic mass is 9.94. The quantitative estimate of drug-likeness (QED) is 0.0464. The van der Waals surface area contributed by atoms with Gasteiger partial charge in [-0.3, -0.25) is 18.7 Å². The van der Waals surface area contributed by atoms with Gasteiger partial charge >= 0.3 is 0 Å². The van der Waals surface area contributed by atoms with E-state index in [1.807, 2.05) is 26.0 Å². The van der Waals surface area contributed by atoms with Crippen LogP contribution in [0.15, 0.2) is 101 Å². The number of hydrogen-bond acceptors (Lipinski definition) is 11. The van der Waals surface area contributed by atoms with Gasteiger partial charge in [0.1, 0.15) is 21.3 Å². The van der Waals surface area contributed by atoms with Gasteiger partial charge in [0.05, 0.1) is 26.4 Å². The molecule has 0 spiro atoms. The fraction of sp³-hybridized carbons (Fsp3) is 0.268. The van der Waals surface area contributed by atoms with Crippen molar-refractivity contribution in [1.82, 2.24) is 10.6 Å². The maximum atomic E-state index is 12.8. The number of rotatable bonds is 21. The van der Waals surface area contributed by atoms with Gasteiger partial charge in [0.25, 0.3) is 26.1 Å². The van der Waals surface area contributed by atoms with E-state index in [1.165, 1.54) is 18.2 Å². The Morgan fingerprint density at radius 3 is 1.91 bits per heavy atom. The molecule has 0 unspecified atom stereocenters. The molecule has 0 radical (unpaired) electrons. The Balaban J connectivity index is 1.39. The number of phenols is 1. The van der Waals surface area contributed by atoms with Crippen molar-refractivity contribution in [2.45, 2.75) is 23.6 Å². The Morgan fingerprint density at radius 1 is 0.759 bits per heavy atom. The number of nitrogens with one attached hydrogen (secondary N) is 2. The molecule has 17 heteroatoms. The van der Waals surface area contributed by atoms with Crippen LogP contribution in [0.5, 0.6) is 11.5 Å².